The number of nitrogens with zero attached hydrogens (tertiary/aromatic N) is 3. The molecule has 0 saturated carbocycles. The van der Waals surface area contributed by atoms with Gasteiger partial charge >= 0.3 is 5.97 Å². The van der Waals surface area contributed by atoms with Crippen molar-refractivity contribution in [1.82, 2.24) is 14.9 Å². The standard InChI is InChI=1S/C10H10IN3O2/c1-2-4-8(15)16-14-10-7(9(11)13-14)5-3-6-12-10/h3,5-6H,2,4H2,1H3. The number of pyridine rings is 1. The van der Waals surface area contributed by atoms with E-state index >= 15 is 0 Å². The molecule has 0 aliphatic heterocycles. The highest BCUT2D eigenvalue weighted by atomic mass is 127. The van der Waals surface area contributed by atoms with Crippen LogP contribution in [0.25, 0.3) is 11.0 Å². The summed E-state index contributed by atoms with van der Waals surface area (Å²) in [5.74, 6) is -0.297. The van der Waals surface area contributed by atoms with Crippen molar-refractivity contribution in [1.29, 1.82) is 0 Å². The quantitative estimate of drug-likeness (QED) is 0.805. The summed E-state index contributed by atoms with van der Waals surface area (Å²) in [6.07, 6.45) is 2.78. The second-order valence-electron chi connectivity index (χ2n) is 3.25. The highest BCUT2D eigenvalue weighted by Gasteiger charge is 2.12. The van der Waals surface area contributed by atoms with Gasteiger partial charge in [0.1, 0.15) is 3.70 Å². The van der Waals surface area contributed by atoms with E-state index in [1.807, 2.05) is 19.1 Å². The molecule has 0 radical (unpaired) electrons. The minimum Gasteiger partial charge on any atom is -0.317 e. The van der Waals surface area contributed by atoms with Gasteiger partial charge in [0, 0.05) is 12.6 Å². The van der Waals surface area contributed by atoms with Crippen LogP contribution in [0.15, 0.2) is 18.3 Å². The minimum atomic E-state index is -0.297. The molecule has 0 aromatic carbocycles. The van der Waals surface area contributed by atoms with Gasteiger partial charge in [-0.15, -0.1) is 5.10 Å². The summed E-state index contributed by atoms with van der Waals surface area (Å²) in [6.45, 7) is 1.92. The molecule has 0 amide bonds. The number of fused-ring (bicyclic) bond motifs is 1. The number of halogens is 1. The normalized spacial score (nSPS) is 10.6. The fraction of sp³-hybridized carbons (Fsp3) is 0.300. The molecule has 0 fully saturated rings. The van der Waals surface area contributed by atoms with Crippen molar-refractivity contribution in [2.75, 3.05) is 0 Å². The third-order valence-corrected chi connectivity index (χ3v) is 2.81. The smallest absolute Gasteiger partial charge is 0.317 e. The molecule has 5 nitrogen and oxygen atoms in total. The molecule has 84 valence electrons. The van der Waals surface area contributed by atoms with Gasteiger partial charge in [0.25, 0.3) is 0 Å². The molecule has 0 unspecified atom stereocenters. The Balaban J connectivity index is 2.34. The van der Waals surface area contributed by atoms with Crippen LogP contribution in [0.2, 0.25) is 0 Å². The van der Waals surface area contributed by atoms with Crippen molar-refractivity contribution < 1.29 is 9.63 Å². The van der Waals surface area contributed by atoms with Gasteiger partial charge in [-0.3, -0.25) is 0 Å². The SMILES string of the molecule is CCCC(=O)On1nc(I)c2cccnc21. The van der Waals surface area contributed by atoms with Crippen molar-refractivity contribution in [3.8, 4) is 0 Å². The van der Waals surface area contributed by atoms with E-state index in [4.69, 9.17) is 4.84 Å². The lowest BCUT2D eigenvalue weighted by Crippen LogP contribution is -2.20. The lowest BCUT2D eigenvalue weighted by atomic mass is 10.3. The maximum absolute atomic E-state index is 11.4. The minimum absolute atomic E-state index is 0.297. The van der Waals surface area contributed by atoms with E-state index in [1.165, 1.54) is 4.85 Å². The molecule has 2 aromatic rings. The van der Waals surface area contributed by atoms with Crippen LogP contribution in [0.5, 0.6) is 0 Å². The summed E-state index contributed by atoms with van der Waals surface area (Å²) in [7, 11) is 0. The molecule has 0 spiro atoms. The first kappa shape index (κ1) is 11.3. The van der Waals surface area contributed by atoms with Crippen LogP contribution in [-0.4, -0.2) is 20.9 Å². The average Bonchev–Trinajstić information content (AvgIpc) is 2.57. The monoisotopic (exact) mass is 331 g/mol. The van der Waals surface area contributed by atoms with E-state index in [0.717, 1.165) is 15.5 Å². The van der Waals surface area contributed by atoms with Crippen LogP contribution in [0, 0.1) is 3.70 Å². The summed E-state index contributed by atoms with van der Waals surface area (Å²) in [5, 5.41) is 4.99. The molecule has 0 N–H and O–H groups in total. The van der Waals surface area contributed by atoms with Gasteiger partial charge in [-0.1, -0.05) is 11.8 Å². The van der Waals surface area contributed by atoms with Crippen LogP contribution >= 0.6 is 22.6 Å². The molecular formula is C10H10IN3O2. The Hall–Kier alpha value is -1.18. The fourth-order valence-electron chi connectivity index (χ4n) is 1.30. The molecule has 0 bridgehead atoms. The Bertz CT molecular complexity index is 524. The molecule has 0 atom stereocenters. The first-order chi connectivity index (χ1) is 7.72. The molecular weight excluding hydrogens is 321 g/mol. The van der Waals surface area contributed by atoms with E-state index in [0.29, 0.717) is 12.1 Å². The lowest BCUT2D eigenvalue weighted by molar-refractivity contribution is -0.145. The molecule has 2 heterocycles. The van der Waals surface area contributed by atoms with Gasteiger partial charge in [0.2, 0.25) is 5.65 Å². The maximum atomic E-state index is 11.4. The Morgan fingerprint density at radius 2 is 2.44 bits per heavy atom. The Morgan fingerprint density at radius 1 is 1.62 bits per heavy atom. The second-order valence-corrected chi connectivity index (χ2v) is 4.27. The number of carbonyl (C=O) groups excluding carboxylic acids is 1. The zero-order valence-corrected chi connectivity index (χ0v) is 10.8. The van der Waals surface area contributed by atoms with Gasteiger partial charge in [-0.25, -0.2) is 9.78 Å². The summed E-state index contributed by atoms with van der Waals surface area (Å²) in [4.78, 5) is 21.8. The molecule has 0 aliphatic rings. The number of carbonyl (C=O) groups is 1. The van der Waals surface area contributed by atoms with E-state index in [9.17, 15) is 4.79 Å². The van der Waals surface area contributed by atoms with Crippen molar-refractivity contribution in [3.05, 3.63) is 22.0 Å². The highest BCUT2D eigenvalue weighted by Crippen LogP contribution is 2.16. The van der Waals surface area contributed by atoms with Crippen molar-refractivity contribution in [3.63, 3.8) is 0 Å². The molecule has 0 saturated heterocycles. The summed E-state index contributed by atoms with van der Waals surface area (Å²) in [5.41, 5.74) is 0.566. The fourth-order valence-corrected chi connectivity index (χ4v) is 1.92. The van der Waals surface area contributed by atoms with E-state index < -0.39 is 0 Å². The Kier molecular flexibility index (Phi) is 3.37. The zero-order valence-electron chi connectivity index (χ0n) is 8.68. The van der Waals surface area contributed by atoms with Crippen LogP contribution < -0.4 is 4.84 Å². The second kappa shape index (κ2) is 4.77. The first-order valence-corrected chi connectivity index (χ1v) is 6.00. The maximum Gasteiger partial charge on any atom is 0.335 e. The summed E-state index contributed by atoms with van der Waals surface area (Å²) >= 11 is 2.08. The Morgan fingerprint density at radius 3 is 3.19 bits per heavy atom. The van der Waals surface area contributed by atoms with Gasteiger partial charge < -0.3 is 4.84 Å². The molecule has 16 heavy (non-hydrogen) atoms. The largest absolute Gasteiger partial charge is 0.335 e. The Labute approximate surface area is 106 Å². The third kappa shape index (κ3) is 2.16. The van der Waals surface area contributed by atoms with Gasteiger partial charge in [-0.2, -0.15) is 0 Å². The van der Waals surface area contributed by atoms with Crippen LogP contribution in [0.3, 0.4) is 0 Å². The molecule has 2 rings (SSSR count). The first-order valence-electron chi connectivity index (χ1n) is 4.92. The van der Waals surface area contributed by atoms with Crippen molar-refractivity contribution in [2.24, 2.45) is 0 Å². The van der Waals surface area contributed by atoms with Crippen molar-refractivity contribution in [2.45, 2.75) is 19.8 Å². The number of aromatic nitrogens is 3. The molecule has 0 aliphatic carbocycles. The van der Waals surface area contributed by atoms with Gasteiger partial charge in [0.05, 0.1) is 5.39 Å². The topological polar surface area (TPSA) is 57.0 Å². The average molecular weight is 331 g/mol. The van der Waals surface area contributed by atoms with Crippen LogP contribution in [0.1, 0.15) is 19.8 Å². The zero-order chi connectivity index (χ0) is 11.5. The predicted octanol–water partition coefficient (Wildman–Crippen LogP) is 1.79. The lowest BCUT2D eigenvalue weighted by Gasteiger charge is -2.01. The third-order valence-electron chi connectivity index (χ3n) is 2.01. The predicted molar refractivity (Wildman–Crippen MR) is 66.7 cm³/mol. The number of hydrogen-bond acceptors (Lipinski definition) is 4. The number of rotatable bonds is 3. The van der Waals surface area contributed by atoms with Crippen LogP contribution in [0.4, 0.5) is 0 Å². The van der Waals surface area contributed by atoms with E-state index in [2.05, 4.69) is 32.7 Å². The van der Waals surface area contributed by atoms with Gasteiger partial charge in [0.15, 0.2) is 0 Å². The van der Waals surface area contributed by atoms with E-state index in [1.54, 1.807) is 6.20 Å². The summed E-state index contributed by atoms with van der Waals surface area (Å²) < 4.78 is 0.769. The van der Waals surface area contributed by atoms with Crippen molar-refractivity contribution >= 4 is 39.6 Å². The molecule has 2 aromatic heterocycles. The highest BCUT2D eigenvalue weighted by molar-refractivity contribution is 14.1. The van der Waals surface area contributed by atoms with E-state index in [-0.39, 0.29) is 5.97 Å². The molecule has 6 heteroatoms. The summed E-state index contributed by atoms with van der Waals surface area (Å²) in [6, 6.07) is 3.71. The van der Waals surface area contributed by atoms with Crippen LogP contribution in [-0.2, 0) is 4.79 Å². The number of hydrogen-bond donors (Lipinski definition) is 0. The van der Waals surface area contributed by atoms with Gasteiger partial charge in [-0.05, 0) is 41.1 Å².